The average Bonchev–Trinajstić information content (AvgIpc) is 2.62. The number of nitrogens with one attached hydrogen (secondary N) is 1. The number of hydrogen-bond acceptors (Lipinski definition) is 5. The molecule has 0 bridgehead atoms. The Hall–Kier alpha value is -2.32. The van der Waals surface area contributed by atoms with Gasteiger partial charge < -0.3 is 14.0 Å². The van der Waals surface area contributed by atoms with E-state index in [1.165, 1.54) is 10.6 Å². The van der Waals surface area contributed by atoms with Crippen LogP contribution in [0.25, 0.3) is 11.1 Å². The highest BCUT2D eigenvalue weighted by Gasteiger charge is 2.16. The topological polar surface area (TPSA) is 86.6 Å². The first-order chi connectivity index (χ1) is 12.8. The average molecular weight is 392 g/mol. The summed E-state index contributed by atoms with van der Waals surface area (Å²) >= 11 is 0. The fraction of sp³-hybridized carbons (Fsp3) is 0.421. The molecular formula is C19H24N2O5S. The lowest BCUT2D eigenvalue weighted by Gasteiger charge is -2.23. The van der Waals surface area contributed by atoms with Gasteiger partial charge >= 0.3 is 0 Å². The number of ether oxygens (including phenoxy) is 2. The maximum Gasteiger partial charge on any atom is 0.250 e. The van der Waals surface area contributed by atoms with Gasteiger partial charge in [0.05, 0.1) is 12.9 Å². The van der Waals surface area contributed by atoms with Crippen molar-refractivity contribution in [2.24, 2.45) is 13.0 Å². The lowest BCUT2D eigenvalue weighted by molar-refractivity contribution is 0.0498. The van der Waals surface area contributed by atoms with Crippen LogP contribution in [0, 0.1) is 5.92 Å². The molecule has 1 saturated heterocycles. The van der Waals surface area contributed by atoms with Crippen LogP contribution in [-0.4, -0.2) is 39.1 Å². The van der Waals surface area contributed by atoms with E-state index in [4.69, 9.17) is 9.47 Å². The number of hydrogen-bond donors (Lipinski definition) is 1. The van der Waals surface area contributed by atoms with Gasteiger partial charge in [-0.15, -0.1) is 0 Å². The van der Waals surface area contributed by atoms with Crippen molar-refractivity contribution >= 4 is 15.7 Å². The first-order valence-electron chi connectivity index (χ1n) is 8.81. The Morgan fingerprint density at radius 3 is 2.63 bits per heavy atom. The summed E-state index contributed by atoms with van der Waals surface area (Å²) in [7, 11) is -1.72. The fourth-order valence-electron chi connectivity index (χ4n) is 3.03. The molecule has 0 unspecified atom stereocenters. The van der Waals surface area contributed by atoms with E-state index in [0.717, 1.165) is 43.4 Å². The molecule has 1 N–H and O–H groups in total. The molecule has 1 aromatic heterocycles. The largest absolute Gasteiger partial charge is 0.493 e. The Balaban J connectivity index is 1.92. The molecule has 0 amide bonds. The van der Waals surface area contributed by atoms with Gasteiger partial charge in [-0.05, 0) is 43.0 Å². The van der Waals surface area contributed by atoms with Crippen molar-refractivity contribution in [3.05, 3.63) is 46.9 Å². The third-order valence-corrected chi connectivity index (χ3v) is 5.10. The third kappa shape index (κ3) is 5.33. The second-order valence-corrected chi connectivity index (χ2v) is 8.57. The molecule has 1 aliphatic rings. The van der Waals surface area contributed by atoms with E-state index in [9.17, 15) is 13.2 Å². The summed E-state index contributed by atoms with van der Waals surface area (Å²) in [6.07, 6.45) is 4.74. The van der Waals surface area contributed by atoms with Crippen LogP contribution in [0.5, 0.6) is 5.75 Å². The van der Waals surface area contributed by atoms with Crippen LogP contribution in [-0.2, 0) is 21.8 Å². The molecular weight excluding hydrogens is 368 g/mol. The van der Waals surface area contributed by atoms with Gasteiger partial charge in [0.1, 0.15) is 5.75 Å². The molecule has 1 fully saturated rings. The number of sulfonamides is 1. The molecule has 7 nitrogen and oxygen atoms in total. The van der Waals surface area contributed by atoms with E-state index >= 15 is 0 Å². The second kappa shape index (κ2) is 8.14. The number of anilines is 1. The Kier molecular flexibility index (Phi) is 5.86. The highest BCUT2D eigenvalue weighted by Crippen LogP contribution is 2.33. The number of benzene rings is 1. The van der Waals surface area contributed by atoms with Gasteiger partial charge in [0.2, 0.25) is 15.6 Å². The molecule has 0 atom stereocenters. The summed E-state index contributed by atoms with van der Waals surface area (Å²) in [5, 5.41) is 0. The molecule has 146 valence electrons. The van der Waals surface area contributed by atoms with Crippen LogP contribution in [0.15, 0.2) is 41.3 Å². The van der Waals surface area contributed by atoms with Crippen LogP contribution in [0.3, 0.4) is 0 Å². The minimum Gasteiger partial charge on any atom is -0.493 e. The monoisotopic (exact) mass is 392 g/mol. The molecule has 1 aromatic carbocycles. The number of aryl methyl sites for hydroxylation is 1. The number of nitrogens with zero attached hydrogens (tertiary/aromatic N) is 1. The SMILES string of the molecule is Cn1cc(-c2cc(NS(C)(=O)=O)ccc2OCC2CCOCC2)ccc1=O. The molecule has 0 spiro atoms. The second-order valence-electron chi connectivity index (χ2n) is 6.82. The van der Waals surface area contributed by atoms with E-state index in [1.807, 2.05) is 0 Å². The Labute approximate surface area is 159 Å². The predicted octanol–water partition coefficient (Wildman–Crippen LogP) is 2.23. The van der Waals surface area contributed by atoms with Crippen molar-refractivity contribution in [1.29, 1.82) is 0 Å². The summed E-state index contributed by atoms with van der Waals surface area (Å²) in [5.74, 6) is 1.08. The van der Waals surface area contributed by atoms with Gasteiger partial charge in [-0.3, -0.25) is 9.52 Å². The zero-order valence-corrected chi connectivity index (χ0v) is 16.3. The molecule has 27 heavy (non-hydrogen) atoms. The van der Waals surface area contributed by atoms with Crippen LogP contribution >= 0.6 is 0 Å². The minimum absolute atomic E-state index is 0.117. The summed E-state index contributed by atoms with van der Waals surface area (Å²) < 4.78 is 38.5. The van der Waals surface area contributed by atoms with E-state index < -0.39 is 10.0 Å². The Morgan fingerprint density at radius 2 is 1.96 bits per heavy atom. The van der Waals surface area contributed by atoms with Crippen molar-refractivity contribution in [1.82, 2.24) is 4.57 Å². The lowest BCUT2D eigenvalue weighted by Crippen LogP contribution is -2.21. The zero-order valence-electron chi connectivity index (χ0n) is 15.5. The first kappa shape index (κ1) is 19.4. The van der Waals surface area contributed by atoms with E-state index in [-0.39, 0.29) is 5.56 Å². The summed E-state index contributed by atoms with van der Waals surface area (Å²) in [6.45, 7) is 2.07. The summed E-state index contributed by atoms with van der Waals surface area (Å²) in [6, 6.07) is 8.34. The predicted molar refractivity (Wildman–Crippen MR) is 105 cm³/mol. The van der Waals surface area contributed by atoms with Crippen molar-refractivity contribution < 1.29 is 17.9 Å². The quantitative estimate of drug-likeness (QED) is 0.815. The van der Waals surface area contributed by atoms with Crippen molar-refractivity contribution in [3.63, 3.8) is 0 Å². The van der Waals surface area contributed by atoms with Crippen molar-refractivity contribution in [2.45, 2.75) is 12.8 Å². The maximum atomic E-state index is 11.7. The van der Waals surface area contributed by atoms with Gasteiger partial charge in [-0.25, -0.2) is 8.42 Å². The summed E-state index contributed by atoms with van der Waals surface area (Å²) in [4.78, 5) is 11.7. The number of pyridine rings is 1. The molecule has 3 rings (SSSR count). The molecule has 8 heteroatoms. The smallest absolute Gasteiger partial charge is 0.250 e. The van der Waals surface area contributed by atoms with Crippen LogP contribution in [0.4, 0.5) is 5.69 Å². The van der Waals surface area contributed by atoms with E-state index in [2.05, 4.69) is 4.72 Å². The van der Waals surface area contributed by atoms with Gasteiger partial charge in [-0.2, -0.15) is 0 Å². The van der Waals surface area contributed by atoms with Gasteiger partial charge in [0.15, 0.2) is 0 Å². The number of rotatable bonds is 6. The van der Waals surface area contributed by atoms with Crippen molar-refractivity contribution in [2.75, 3.05) is 30.8 Å². The van der Waals surface area contributed by atoms with Crippen LogP contribution < -0.4 is 15.0 Å². The standard InChI is InChI=1S/C19H24N2O5S/c1-21-12-15(3-6-19(21)22)17-11-16(20-27(2,23)24)4-5-18(17)26-13-14-7-9-25-10-8-14/h3-6,11-12,14,20H,7-10,13H2,1-2H3. The van der Waals surface area contributed by atoms with Crippen molar-refractivity contribution in [3.8, 4) is 16.9 Å². The number of aromatic nitrogens is 1. The Morgan fingerprint density at radius 1 is 1.22 bits per heavy atom. The molecule has 1 aliphatic heterocycles. The molecule has 2 aromatic rings. The maximum absolute atomic E-state index is 11.7. The third-order valence-electron chi connectivity index (χ3n) is 4.50. The van der Waals surface area contributed by atoms with E-state index in [1.54, 1.807) is 37.5 Å². The van der Waals surface area contributed by atoms with Crippen LogP contribution in [0.2, 0.25) is 0 Å². The zero-order chi connectivity index (χ0) is 19.4. The van der Waals surface area contributed by atoms with E-state index in [0.29, 0.717) is 24.0 Å². The molecule has 0 radical (unpaired) electrons. The first-order valence-corrected chi connectivity index (χ1v) is 10.7. The fourth-order valence-corrected chi connectivity index (χ4v) is 3.59. The molecule has 0 saturated carbocycles. The highest BCUT2D eigenvalue weighted by molar-refractivity contribution is 7.92. The molecule has 2 heterocycles. The lowest BCUT2D eigenvalue weighted by atomic mass is 10.0. The van der Waals surface area contributed by atoms with Gasteiger partial charge in [-0.1, -0.05) is 0 Å². The van der Waals surface area contributed by atoms with Gasteiger partial charge in [0, 0.05) is 49.3 Å². The molecule has 0 aliphatic carbocycles. The summed E-state index contributed by atoms with van der Waals surface area (Å²) in [5.41, 5.74) is 1.83. The normalized spacial score (nSPS) is 15.5. The Bertz CT molecular complexity index is 962. The van der Waals surface area contributed by atoms with Gasteiger partial charge in [0.25, 0.3) is 0 Å². The van der Waals surface area contributed by atoms with Crippen LogP contribution in [0.1, 0.15) is 12.8 Å². The highest BCUT2D eigenvalue weighted by atomic mass is 32.2. The minimum atomic E-state index is -3.39.